The molecule has 1 amide bonds. The average Bonchev–Trinajstić information content (AvgIpc) is 2.71. The Morgan fingerprint density at radius 1 is 1.03 bits per heavy atom. The fourth-order valence-electron chi connectivity index (χ4n) is 2.41. The molecule has 29 heavy (non-hydrogen) atoms. The normalized spacial score (nSPS) is 10.7. The molecule has 0 unspecified atom stereocenters. The summed E-state index contributed by atoms with van der Waals surface area (Å²) in [5, 5.41) is 4.56. The number of amides is 1. The van der Waals surface area contributed by atoms with E-state index in [0.29, 0.717) is 16.3 Å². The van der Waals surface area contributed by atoms with E-state index in [4.69, 9.17) is 16.3 Å². The molecule has 0 fully saturated rings. The maximum atomic E-state index is 12.1. The quantitative estimate of drug-likeness (QED) is 0.238. The van der Waals surface area contributed by atoms with Gasteiger partial charge >= 0.3 is 5.97 Å². The van der Waals surface area contributed by atoms with Crippen molar-refractivity contribution >= 4 is 45.6 Å². The van der Waals surface area contributed by atoms with Crippen molar-refractivity contribution in [1.82, 2.24) is 5.43 Å². The predicted octanol–water partition coefficient (Wildman–Crippen LogP) is 5.01. The smallest absolute Gasteiger partial charge is 0.343 e. The second-order valence-electron chi connectivity index (χ2n) is 6.07. The molecule has 7 heteroatoms. The number of esters is 1. The SMILES string of the molecule is O=C(Cc1ccc(Cl)cc1)N/N=C\c1ccc(OC(=O)c2cccc(Br)c2)cc1. The van der Waals surface area contributed by atoms with Crippen molar-refractivity contribution in [2.45, 2.75) is 6.42 Å². The number of hydrazone groups is 1. The van der Waals surface area contributed by atoms with Gasteiger partial charge < -0.3 is 4.74 Å². The number of carbonyl (C=O) groups excluding carboxylic acids is 2. The number of nitrogens with zero attached hydrogens (tertiary/aromatic N) is 1. The molecule has 0 bridgehead atoms. The highest BCUT2D eigenvalue weighted by molar-refractivity contribution is 9.10. The molecule has 0 aromatic heterocycles. The van der Waals surface area contributed by atoms with Crippen LogP contribution < -0.4 is 10.2 Å². The fraction of sp³-hybridized carbons (Fsp3) is 0.0455. The van der Waals surface area contributed by atoms with Crippen LogP contribution in [0.15, 0.2) is 82.4 Å². The molecular weight excluding hydrogens is 456 g/mol. The van der Waals surface area contributed by atoms with E-state index in [1.54, 1.807) is 66.7 Å². The van der Waals surface area contributed by atoms with Gasteiger partial charge in [0.05, 0.1) is 18.2 Å². The lowest BCUT2D eigenvalue weighted by Gasteiger charge is -2.05. The van der Waals surface area contributed by atoms with E-state index in [0.717, 1.165) is 15.6 Å². The standard InChI is InChI=1S/C22H16BrClN2O3/c23-18-3-1-2-17(13-18)22(28)29-20-10-6-16(7-11-20)14-25-26-21(27)12-15-4-8-19(24)9-5-15/h1-11,13-14H,12H2,(H,26,27)/b25-14-. The lowest BCUT2D eigenvalue weighted by Crippen LogP contribution is -2.19. The molecule has 0 aliphatic carbocycles. The van der Waals surface area contributed by atoms with Gasteiger partial charge in [0, 0.05) is 9.50 Å². The largest absolute Gasteiger partial charge is 0.423 e. The van der Waals surface area contributed by atoms with Crippen molar-refractivity contribution in [3.8, 4) is 5.75 Å². The first-order valence-electron chi connectivity index (χ1n) is 8.64. The third-order valence-electron chi connectivity index (χ3n) is 3.83. The Hall–Kier alpha value is -2.96. The summed E-state index contributed by atoms with van der Waals surface area (Å²) in [4.78, 5) is 24.0. The molecule has 0 aliphatic rings. The average molecular weight is 472 g/mol. The Kier molecular flexibility index (Phi) is 7.16. The van der Waals surface area contributed by atoms with Gasteiger partial charge in [-0.3, -0.25) is 4.79 Å². The van der Waals surface area contributed by atoms with E-state index >= 15 is 0 Å². The molecule has 0 heterocycles. The first-order chi connectivity index (χ1) is 14.0. The van der Waals surface area contributed by atoms with E-state index in [2.05, 4.69) is 26.5 Å². The topological polar surface area (TPSA) is 67.8 Å². The van der Waals surface area contributed by atoms with Gasteiger partial charge in [-0.25, -0.2) is 10.2 Å². The van der Waals surface area contributed by atoms with Crippen LogP contribution in [0.25, 0.3) is 0 Å². The highest BCUT2D eigenvalue weighted by Crippen LogP contribution is 2.16. The monoisotopic (exact) mass is 470 g/mol. The second kappa shape index (κ2) is 10.0. The minimum atomic E-state index is -0.442. The van der Waals surface area contributed by atoms with Gasteiger partial charge in [-0.15, -0.1) is 0 Å². The van der Waals surface area contributed by atoms with Crippen LogP contribution in [0.4, 0.5) is 0 Å². The number of benzene rings is 3. The van der Waals surface area contributed by atoms with Crippen LogP contribution in [0.1, 0.15) is 21.5 Å². The summed E-state index contributed by atoms with van der Waals surface area (Å²) in [5.74, 6) is -0.260. The molecule has 0 saturated heterocycles. The summed E-state index contributed by atoms with van der Waals surface area (Å²) in [6.45, 7) is 0. The Labute approximate surface area is 181 Å². The number of carbonyl (C=O) groups is 2. The summed E-state index contributed by atoms with van der Waals surface area (Å²) in [6.07, 6.45) is 1.72. The first kappa shape index (κ1) is 20.8. The third kappa shape index (κ3) is 6.55. The lowest BCUT2D eigenvalue weighted by molar-refractivity contribution is -0.120. The van der Waals surface area contributed by atoms with Crippen molar-refractivity contribution in [3.05, 3.63) is 99.0 Å². The van der Waals surface area contributed by atoms with Crippen LogP contribution in [-0.4, -0.2) is 18.1 Å². The summed E-state index contributed by atoms with van der Waals surface area (Å²) in [5.41, 5.74) is 4.52. The summed E-state index contributed by atoms with van der Waals surface area (Å²) < 4.78 is 6.15. The molecule has 0 saturated carbocycles. The van der Waals surface area contributed by atoms with E-state index in [9.17, 15) is 9.59 Å². The summed E-state index contributed by atoms with van der Waals surface area (Å²) in [7, 11) is 0. The fourth-order valence-corrected chi connectivity index (χ4v) is 2.93. The van der Waals surface area contributed by atoms with Crippen LogP contribution in [0.3, 0.4) is 0 Å². The van der Waals surface area contributed by atoms with Gasteiger partial charge in [-0.1, -0.05) is 45.7 Å². The van der Waals surface area contributed by atoms with Crippen molar-refractivity contribution in [3.63, 3.8) is 0 Å². The van der Waals surface area contributed by atoms with Crippen LogP contribution in [0.5, 0.6) is 5.75 Å². The summed E-state index contributed by atoms with van der Waals surface area (Å²) in [6, 6.07) is 20.8. The zero-order valence-corrected chi connectivity index (χ0v) is 17.5. The number of hydrogen-bond donors (Lipinski definition) is 1. The highest BCUT2D eigenvalue weighted by Gasteiger charge is 2.08. The van der Waals surface area contributed by atoms with Crippen LogP contribution in [-0.2, 0) is 11.2 Å². The molecule has 1 N–H and O–H groups in total. The minimum Gasteiger partial charge on any atom is -0.423 e. The van der Waals surface area contributed by atoms with E-state index in [1.165, 1.54) is 6.21 Å². The predicted molar refractivity (Wildman–Crippen MR) is 116 cm³/mol. The molecule has 146 valence electrons. The van der Waals surface area contributed by atoms with Crippen LogP contribution in [0.2, 0.25) is 5.02 Å². The first-order valence-corrected chi connectivity index (χ1v) is 9.81. The minimum absolute atomic E-state index is 0.207. The van der Waals surface area contributed by atoms with Crippen molar-refractivity contribution in [2.24, 2.45) is 5.10 Å². The molecular formula is C22H16BrClN2O3. The van der Waals surface area contributed by atoms with Crippen molar-refractivity contribution in [1.29, 1.82) is 0 Å². The number of hydrogen-bond acceptors (Lipinski definition) is 4. The van der Waals surface area contributed by atoms with Crippen LogP contribution >= 0.6 is 27.5 Å². The number of rotatable bonds is 6. The second-order valence-corrected chi connectivity index (χ2v) is 7.42. The molecule has 3 aromatic rings. The molecule has 0 aliphatic heterocycles. The van der Waals surface area contributed by atoms with Crippen molar-refractivity contribution < 1.29 is 14.3 Å². The van der Waals surface area contributed by atoms with Gasteiger partial charge in [0.15, 0.2) is 0 Å². The molecule has 0 radical (unpaired) electrons. The number of halogens is 2. The van der Waals surface area contributed by atoms with Crippen LogP contribution in [0, 0.1) is 0 Å². The zero-order chi connectivity index (χ0) is 20.6. The zero-order valence-electron chi connectivity index (χ0n) is 15.1. The molecule has 3 aromatic carbocycles. The summed E-state index contributed by atoms with van der Waals surface area (Å²) >= 11 is 9.15. The molecule has 3 rings (SSSR count). The molecule has 0 spiro atoms. The lowest BCUT2D eigenvalue weighted by atomic mass is 10.1. The van der Waals surface area contributed by atoms with Gasteiger partial charge in [0.25, 0.3) is 0 Å². The number of ether oxygens (including phenoxy) is 1. The van der Waals surface area contributed by atoms with E-state index < -0.39 is 5.97 Å². The molecule has 5 nitrogen and oxygen atoms in total. The van der Waals surface area contributed by atoms with Gasteiger partial charge in [0.1, 0.15) is 5.75 Å². The van der Waals surface area contributed by atoms with E-state index in [1.807, 2.05) is 6.07 Å². The van der Waals surface area contributed by atoms with Gasteiger partial charge in [0.2, 0.25) is 5.91 Å². The Bertz CT molecular complexity index is 1030. The highest BCUT2D eigenvalue weighted by atomic mass is 79.9. The third-order valence-corrected chi connectivity index (χ3v) is 4.58. The maximum absolute atomic E-state index is 12.1. The maximum Gasteiger partial charge on any atom is 0.343 e. The van der Waals surface area contributed by atoms with E-state index in [-0.39, 0.29) is 12.3 Å². The van der Waals surface area contributed by atoms with Crippen molar-refractivity contribution in [2.75, 3.05) is 0 Å². The Morgan fingerprint density at radius 2 is 1.76 bits per heavy atom. The molecule has 0 atom stereocenters. The Balaban J connectivity index is 1.51. The van der Waals surface area contributed by atoms with Gasteiger partial charge in [-0.05, 0) is 65.7 Å². The van der Waals surface area contributed by atoms with Gasteiger partial charge in [-0.2, -0.15) is 5.10 Å². The Morgan fingerprint density at radius 3 is 2.45 bits per heavy atom. The number of nitrogens with one attached hydrogen (secondary N) is 1.